The van der Waals surface area contributed by atoms with Gasteiger partial charge in [-0.15, -0.1) is 0 Å². The summed E-state index contributed by atoms with van der Waals surface area (Å²) in [6.07, 6.45) is -0.976. The molecule has 2 heterocycles. The monoisotopic (exact) mass is 376 g/mol. The minimum atomic E-state index is -4.47. The normalized spacial score (nSPS) is 21.2. The number of nitrogens with zero attached hydrogens (tertiary/aromatic N) is 3. The lowest BCUT2D eigenvalue weighted by Gasteiger charge is -2.24. The first-order valence-corrected chi connectivity index (χ1v) is 9.03. The first-order valence-electron chi connectivity index (χ1n) is 8.05. The Balaban J connectivity index is 1.72. The lowest BCUT2D eigenvalue weighted by Crippen LogP contribution is -2.44. The first-order chi connectivity index (χ1) is 11.8. The lowest BCUT2D eigenvalue weighted by atomic mass is 10.1. The van der Waals surface area contributed by atoms with Gasteiger partial charge in [-0.2, -0.15) is 24.9 Å². The van der Waals surface area contributed by atoms with Crippen LogP contribution in [0.3, 0.4) is 0 Å². The summed E-state index contributed by atoms with van der Waals surface area (Å²) < 4.78 is 38.0. The van der Waals surface area contributed by atoms with E-state index in [2.05, 4.69) is 37.8 Å². The van der Waals surface area contributed by atoms with Crippen molar-refractivity contribution in [2.45, 2.75) is 30.7 Å². The van der Waals surface area contributed by atoms with Gasteiger partial charge >= 0.3 is 6.18 Å². The molecule has 1 saturated heterocycles. The maximum absolute atomic E-state index is 12.6. The second-order valence-electron chi connectivity index (χ2n) is 5.94. The largest absolute Gasteiger partial charge is 0.433 e. The highest BCUT2D eigenvalue weighted by atomic mass is 32.2. The standard InChI is InChI=1S/C15H23F3N6S/c1-14(5-3-9-25-14)10-23-12(19-2)21-7-8-22-13-20-6-4-11(24-13)15(16,17)18/h4,6H,3,5,7-10H2,1-2H3,(H2,19,21,23)(H,20,22,24). The van der Waals surface area contributed by atoms with Crippen molar-refractivity contribution < 1.29 is 13.2 Å². The van der Waals surface area contributed by atoms with Crippen molar-refractivity contribution in [1.29, 1.82) is 0 Å². The zero-order valence-electron chi connectivity index (χ0n) is 14.3. The van der Waals surface area contributed by atoms with Crippen LogP contribution in [0.5, 0.6) is 0 Å². The maximum Gasteiger partial charge on any atom is 0.433 e. The van der Waals surface area contributed by atoms with E-state index in [1.165, 1.54) is 18.6 Å². The molecule has 0 saturated carbocycles. The van der Waals surface area contributed by atoms with Gasteiger partial charge in [0.2, 0.25) is 5.95 Å². The van der Waals surface area contributed by atoms with Crippen LogP contribution in [-0.2, 0) is 6.18 Å². The third-order valence-corrected chi connectivity index (χ3v) is 5.34. The van der Waals surface area contributed by atoms with Gasteiger partial charge in [-0.1, -0.05) is 0 Å². The van der Waals surface area contributed by atoms with Gasteiger partial charge in [0, 0.05) is 37.6 Å². The summed E-state index contributed by atoms with van der Waals surface area (Å²) in [7, 11) is 1.68. The fourth-order valence-corrected chi connectivity index (χ4v) is 3.67. The van der Waals surface area contributed by atoms with E-state index in [9.17, 15) is 13.2 Å². The molecule has 1 aliphatic rings. The second kappa shape index (κ2) is 8.59. The van der Waals surface area contributed by atoms with Crippen LogP contribution in [0.1, 0.15) is 25.5 Å². The van der Waals surface area contributed by atoms with E-state index in [1.807, 2.05) is 11.8 Å². The lowest BCUT2D eigenvalue weighted by molar-refractivity contribution is -0.141. The highest BCUT2D eigenvalue weighted by molar-refractivity contribution is 8.00. The number of nitrogens with one attached hydrogen (secondary N) is 3. The fourth-order valence-electron chi connectivity index (χ4n) is 2.42. The molecule has 0 aliphatic carbocycles. The molecule has 3 N–H and O–H groups in total. The van der Waals surface area contributed by atoms with Crippen LogP contribution in [0.4, 0.5) is 19.1 Å². The molecule has 140 valence electrons. The third-order valence-electron chi connectivity index (χ3n) is 3.80. The summed E-state index contributed by atoms with van der Waals surface area (Å²) in [5.41, 5.74) is -0.960. The summed E-state index contributed by atoms with van der Waals surface area (Å²) >= 11 is 1.96. The Labute approximate surface area is 149 Å². The van der Waals surface area contributed by atoms with Gasteiger partial charge in [0.05, 0.1) is 0 Å². The van der Waals surface area contributed by atoms with Crippen LogP contribution < -0.4 is 16.0 Å². The Bertz CT molecular complexity index is 587. The average Bonchev–Trinajstić information content (AvgIpc) is 3.01. The summed E-state index contributed by atoms with van der Waals surface area (Å²) in [6, 6.07) is 0.844. The molecule has 1 aliphatic heterocycles. The number of anilines is 1. The topological polar surface area (TPSA) is 74.2 Å². The van der Waals surface area contributed by atoms with Crippen molar-refractivity contribution >= 4 is 23.7 Å². The number of aromatic nitrogens is 2. The van der Waals surface area contributed by atoms with E-state index in [-0.39, 0.29) is 10.7 Å². The summed E-state index contributed by atoms with van der Waals surface area (Å²) in [5, 5.41) is 9.17. The number of hydrogen-bond acceptors (Lipinski definition) is 5. The molecule has 1 atom stereocenters. The number of rotatable bonds is 6. The molecule has 0 spiro atoms. The number of alkyl halides is 3. The van der Waals surface area contributed by atoms with Crippen LogP contribution in [0.2, 0.25) is 0 Å². The Morgan fingerprint density at radius 2 is 2.16 bits per heavy atom. The number of thioether (sulfide) groups is 1. The van der Waals surface area contributed by atoms with Crippen LogP contribution in [0, 0.1) is 0 Å². The van der Waals surface area contributed by atoms with E-state index < -0.39 is 11.9 Å². The molecule has 1 fully saturated rings. The van der Waals surface area contributed by atoms with Crippen LogP contribution >= 0.6 is 11.8 Å². The minimum absolute atomic E-state index is 0.0468. The molecule has 1 aromatic rings. The third kappa shape index (κ3) is 6.26. The summed E-state index contributed by atoms with van der Waals surface area (Å²) in [4.78, 5) is 11.4. The average molecular weight is 376 g/mol. The molecule has 1 unspecified atom stereocenters. The Hall–Kier alpha value is -1.71. The predicted octanol–water partition coefficient (Wildman–Crippen LogP) is 2.36. The minimum Gasteiger partial charge on any atom is -0.355 e. The Morgan fingerprint density at radius 3 is 2.80 bits per heavy atom. The summed E-state index contributed by atoms with van der Waals surface area (Å²) in [6.45, 7) is 3.90. The fraction of sp³-hybridized carbons (Fsp3) is 0.667. The quantitative estimate of drug-likeness (QED) is 0.402. The molecular formula is C15H23F3N6S. The van der Waals surface area contributed by atoms with Crippen LogP contribution in [0.15, 0.2) is 17.3 Å². The second-order valence-corrected chi connectivity index (χ2v) is 7.63. The van der Waals surface area contributed by atoms with Gasteiger partial charge in [-0.25, -0.2) is 9.97 Å². The molecule has 0 bridgehead atoms. The van der Waals surface area contributed by atoms with Crippen molar-refractivity contribution in [3.63, 3.8) is 0 Å². The number of hydrogen-bond donors (Lipinski definition) is 3. The molecule has 0 amide bonds. The van der Waals surface area contributed by atoms with Crippen molar-refractivity contribution in [2.75, 3.05) is 37.8 Å². The van der Waals surface area contributed by atoms with Gasteiger partial charge in [-0.05, 0) is 31.6 Å². The van der Waals surface area contributed by atoms with Gasteiger partial charge in [-0.3, -0.25) is 4.99 Å². The van der Waals surface area contributed by atoms with E-state index in [0.717, 1.165) is 18.8 Å². The Kier molecular flexibility index (Phi) is 6.74. The molecule has 10 heteroatoms. The number of guanidine groups is 1. The smallest absolute Gasteiger partial charge is 0.355 e. The summed E-state index contributed by atoms with van der Waals surface area (Å²) in [5.74, 6) is 1.81. The van der Waals surface area contributed by atoms with Crippen molar-refractivity contribution in [3.05, 3.63) is 18.0 Å². The molecule has 0 radical (unpaired) electrons. The highest BCUT2D eigenvalue weighted by Gasteiger charge is 2.32. The zero-order chi connectivity index (χ0) is 18.3. The van der Waals surface area contributed by atoms with Crippen molar-refractivity contribution in [2.24, 2.45) is 4.99 Å². The molecule has 6 nitrogen and oxygen atoms in total. The molecule has 25 heavy (non-hydrogen) atoms. The SMILES string of the molecule is CN=C(NCCNc1nccc(C(F)(F)F)n1)NCC1(C)CCCS1. The molecule has 1 aromatic heterocycles. The van der Waals surface area contributed by atoms with Crippen LogP contribution in [0.25, 0.3) is 0 Å². The van der Waals surface area contributed by atoms with Crippen molar-refractivity contribution in [3.8, 4) is 0 Å². The molecular weight excluding hydrogens is 353 g/mol. The van der Waals surface area contributed by atoms with E-state index >= 15 is 0 Å². The van der Waals surface area contributed by atoms with E-state index in [4.69, 9.17) is 0 Å². The number of halogens is 3. The zero-order valence-corrected chi connectivity index (χ0v) is 15.1. The molecule has 0 aromatic carbocycles. The number of aliphatic imine (C=N–C) groups is 1. The first kappa shape index (κ1) is 19.6. The Morgan fingerprint density at radius 1 is 1.36 bits per heavy atom. The van der Waals surface area contributed by atoms with E-state index in [1.54, 1.807) is 7.05 Å². The highest BCUT2D eigenvalue weighted by Crippen LogP contribution is 2.36. The molecule has 2 rings (SSSR count). The van der Waals surface area contributed by atoms with E-state index in [0.29, 0.717) is 19.0 Å². The van der Waals surface area contributed by atoms with Gasteiger partial charge in [0.25, 0.3) is 0 Å². The maximum atomic E-state index is 12.6. The van der Waals surface area contributed by atoms with Crippen LogP contribution in [-0.4, -0.2) is 53.1 Å². The predicted molar refractivity (Wildman–Crippen MR) is 95.0 cm³/mol. The van der Waals surface area contributed by atoms with Gasteiger partial charge in [0.15, 0.2) is 5.96 Å². The van der Waals surface area contributed by atoms with Gasteiger partial charge in [0.1, 0.15) is 5.69 Å². The van der Waals surface area contributed by atoms with Crippen molar-refractivity contribution in [1.82, 2.24) is 20.6 Å². The van der Waals surface area contributed by atoms with Gasteiger partial charge < -0.3 is 16.0 Å².